The molecule has 0 aromatic heterocycles. The third-order valence-electron chi connectivity index (χ3n) is 3.01. The van der Waals surface area contributed by atoms with Gasteiger partial charge in [0.25, 0.3) is 5.91 Å². The highest BCUT2D eigenvalue weighted by Crippen LogP contribution is 2.12. The largest absolute Gasteiger partial charge is 0.508 e. The van der Waals surface area contributed by atoms with Crippen LogP contribution in [0, 0.1) is 0 Å². The lowest BCUT2D eigenvalue weighted by Crippen LogP contribution is -2.30. The van der Waals surface area contributed by atoms with Crippen molar-refractivity contribution < 1.29 is 15.0 Å². The zero-order valence-corrected chi connectivity index (χ0v) is 11.0. The zero-order valence-electron chi connectivity index (χ0n) is 11.0. The fourth-order valence-corrected chi connectivity index (χ4v) is 1.88. The van der Waals surface area contributed by atoms with Crippen LogP contribution in [-0.4, -0.2) is 22.7 Å². The molecule has 0 fully saturated rings. The van der Waals surface area contributed by atoms with E-state index in [1.165, 1.54) is 0 Å². The number of carbonyl (C=O) groups is 1. The van der Waals surface area contributed by atoms with Crippen LogP contribution in [0.1, 0.15) is 17.2 Å². The Balaban J connectivity index is 1.82. The third-order valence-corrected chi connectivity index (χ3v) is 3.01. The molecule has 0 aliphatic carbocycles. The Bertz CT molecular complexity index is 552. The van der Waals surface area contributed by atoms with E-state index in [0.29, 0.717) is 18.5 Å². The minimum Gasteiger partial charge on any atom is -0.508 e. The third kappa shape index (κ3) is 3.83. The van der Waals surface area contributed by atoms with Gasteiger partial charge in [0, 0.05) is 6.54 Å². The summed E-state index contributed by atoms with van der Waals surface area (Å²) in [5, 5.41) is 21.7. The lowest BCUT2D eigenvalue weighted by atomic mass is 10.1. The van der Waals surface area contributed by atoms with E-state index in [1.54, 1.807) is 48.5 Å². The van der Waals surface area contributed by atoms with Crippen LogP contribution in [0.25, 0.3) is 0 Å². The molecule has 0 spiro atoms. The van der Waals surface area contributed by atoms with E-state index in [-0.39, 0.29) is 5.75 Å². The topological polar surface area (TPSA) is 69.6 Å². The van der Waals surface area contributed by atoms with Crippen LogP contribution in [0.2, 0.25) is 0 Å². The van der Waals surface area contributed by atoms with Crippen molar-refractivity contribution in [3.05, 3.63) is 65.7 Å². The van der Waals surface area contributed by atoms with Crippen LogP contribution in [0.3, 0.4) is 0 Å². The molecule has 0 saturated heterocycles. The highest BCUT2D eigenvalue weighted by atomic mass is 16.3. The average Bonchev–Trinajstić information content (AvgIpc) is 2.49. The number of amides is 1. The van der Waals surface area contributed by atoms with Crippen molar-refractivity contribution in [2.75, 3.05) is 6.54 Å². The van der Waals surface area contributed by atoms with Gasteiger partial charge in [-0.25, -0.2) is 0 Å². The highest BCUT2D eigenvalue weighted by molar-refractivity contribution is 5.81. The van der Waals surface area contributed by atoms with Gasteiger partial charge < -0.3 is 15.5 Å². The van der Waals surface area contributed by atoms with Gasteiger partial charge in [0.2, 0.25) is 0 Å². The number of rotatable bonds is 5. The van der Waals surface area contributed by atoms with Crippen molar-refractivity contribution in [3.8, 4) is 5.75 Å². The molecule has 0 saturated carbocycles. The Hall–Kier alpha value is -2.33. The number of phenolic OH excluding ortho intramolecular Hbond substituents is 1. The van der Waals surface area contributed by atoms with Crippen LogP contribution in [0.5, 0.6) is 5.75 Å². The Morgan fingerprint density at radius 1 is 1.05 bits per heavy atom. The normalized spacial score (nSPS) is 11.8. The number of hydrogen-bond donors (Lipinski definition) is 3. The van der Waals surface area contributed by atoms with Crippen LogP contribution in [0.15, 0.2) is 54.6 Å². The minimum absolute atomic E-state index is 0.220. The number of aromatic hydroxyl groups is 1. The second-order valence-electron chi connectivity index (χ2n) is 4.52. The zero-order chi connectivity index (χ0) is 14.4. The number of carbonyl (C=O) groups excluding carboxylic acids is 1. The van der Waals surface area contributed by atoms with E-state index in [4.69, 9.17) is 5.11 Å². The molecule has 0 bridgehead atoms. The van der Waals surface area contributed by atoms with Crippen molar-refractivity contribution in [1.82, 2.24) is 5.32 Å². The SMILES string of the molecule is O=C(NCCc1ccc(O)cc1)C(O)c1ccccc1. The number of aliphatic hydroxyl groups is 1. The van der Waals surface area contributed by atoms with Gasteiger partial charge in [-0.2, -0.15) is 0 Å². The van der Waals surface area contributed by atoms with Gasteiger partial charge in [-0.3, -0.25) is 4.79 Å². The first-order chi connectivity index (χ1) is 9.66. The molecule has 0 radical (unpaired) electrons. The number of hydrogen-bond acceptors (Lipinski definition) is 3. The maximum absolute atomic E-state index is 11.8. The second kappa shape index (κ2) is 6.73. The first-order valence-corrected chi connectivity index (χ1v) is 6.45. The summed E-state index contributed by atoms with van der Waals surface area (Å²) in [6.45, 7) is 0.438. The lowest BCUT2D eigenvalue weighted by molar-refractivity contribution is -0.129. The summed E-state index contributed by atoms with van der Waals surface area (Å²) in [6.07, 6.45) is -0.496. The van der Waals surface area contributed by atoms with E-state index in [9.17, 15) is 9.90 Å². The fraction of sp³-hybridized carbons (Fsp3) is 0.188. The molecule has 4 heteroatoms. The van der Waals surface area contributed by atoms with E-state index in [2.05, 4.69) is 5.32 Å². The molecule has 2 aromatic rings. The fourth-order valence-electron chi connectivity index (χ4n) is 1.88. The lowest BCUT2D eigenvalue weighted by Gasteiger charge is -2.11. The molecular weight excluding hydrogens is 254 g/mol. The molecule has 2 rings (SSSR count). The van der Waals surface area contributed by atoms with Crippen molar-refractivity contribution in [2.45, 2.75) is 12.5 Å². The van der Waals surface area contributed by atoms with Crippen LogP contribution in [0.4, 0.5) is 0 Å². The summed E-state index contributed by atoms with van der Waals surface area (Å²) < 4.78 is 0. The monoisotopic (exact) mass is 271 g/mol. The van der Waals surface area contributed by atoms with Crippen molar-refractivity contribution in [1.29, 1.82) is 0 Å². The summed E-state index contributed by atoms with van der Waals surface area (Å²) in [4.78, 5) is 11.8. The Kier molecular flexibility index (Phi) is 4.74. The van der Waals surface area contributed by atoms with Gasteiger partial charge in [0.1, 0.15) is 5.75 Å². The Morgan fingerprint density at radius 2 is 1.70 bits per heavy atom. The maximum atomic E-state index is 11.8. The standard InChI is InChI=1S/C16H17NO3/c18-14-8-6-12(7-9-14)10-11-17-16(20)15(19)13-4-2-1-3-5-13/h1-9,15,18-19H,10-11H2,(H,17,20). The van der Waals surface area contributed by atoms with E-state index >= 15 is 0 Å². The number of benzene rings is 2. The molecule has 1 unspecified atom stereocenters. The number of nitrogens with one attached hydrogen (secondary N) is 1. The van der Waals surface area contributed by atoms with Gasteiger partial charge in [0.05, 0.1) is 0 Å². The smallest absolute Gasteiger partial charge is 0.253 e. The molecule has 0 aliphatic rings. The second-order valence-corrected chi connectivity index (χ2v) is 4.52. The van der Waals surface area contributed by atoms with E-state index in [1.807, 2.05) is 6.07 Å². The van der Waals surface area contributed by atoms with Crippen LogP contribution < -0.4 is 5.32 Å². The maximum Gasteiger partial charge on any atom is 0.253 e. The predicted molar refractivity (Wildman–Crippen MR) is 76.2 cm³/mol. The Labute approximate surface area is 117 Å². The molecule has 2 aromatic carbocycles. The van der Waals surface area contributed by atoms with Crippen LogP contribution >= 0.6 is 0 Å². The van der Waals surface area contributed by atoms with Gasteiger partial charge in [0.15, 0.2) is 6.10 Å². The molecule has 4 nitrogen and oxygen atoms in total. The number of phenols is 1. The van der Waals surface area contributed by atoms with Crippen LogP contribution in [-0.2, 0) is 11.2 Å². The molecule has 0 aliphatic heterocycles. The summed E-state index contributed by atoms with van der Waals surface area (Å²) in [5.41, 5.74) is 1.59. The molecule has 1 atom stereocenters. The predicted octanol–water partition coefficient (Wildman–Crippen LogP) is 1.78. The summed E-state index contributed by atoms with van der Waals surface area (Å²) in [7, 11) is 0. The van der Waals surface area contributed by atoms with Gasteiger partial charge in [-0.1, -0.05) is 42.5 Å². The number of aliphatic hydroxyl groups excluding tert-OH is 1. The molecule has 0 heterocycles. The van der Waals surface area contributed by atoms with Gasteiger partial charge in [-0.15, -0.1) is 0 Å². The van der Waals surface area contributed by atoms with E-state index in [0.717, 1.165) is 5.56 Å². The van der Waals surface area contributed by atoms with Crippen molar-refractivity contribution in [3.63, 3.8) is 0 Å². The Morgan fingerprint density at radius 3 is 2.35 bits per heavy atom. The van der Waals surface area contributed by atoms with E-state index < -0.39 is 12.0 Å². The van der Waals surface area contributed by atoms with Gasteiger partial charge >= 0.3 is 0 Å². The minimum atomic E-state index is -1.14. The molecule has 20 heavy (non-hydrogen) atoms. The summed E-state index contributed by atoms with van der Waals surface area (Å²) in [5.74, 6) is -0.188. The molecule has 3 N–H and O–H groups in total. The van der Waals surface area contributed by atoms with Crippen molar-refractivity contribution in [2.24, 2.45) is 0 Å². The summed E-state index contributed by atoms with van der Waals surface area (Å²) >= 11 is 0. The molecule has 1 amide bonds. The quantitative estimate of drug-likeness (QED) is 0.776. The molecule has 104 valence electrons. The first kappa shape index (κ1) is 14.1. The average molecular weight is 271 g/mol. The van der Waals surface area contributed by atoms with Crippen molar-refractivity contribution >= 4 is 5.91 Å². The van der Waals surface area contributed by atoms with Gasteiger partial charge in [-0.05, 0) is 29.7 Å². The first-order valence-electron chi connectivity index (χ1n) is 6.45. The summed E-state index contributed by atoms with van der Waals surface area (Å²) in [6, 6.07) is 15.6. The highest BCUT2D eigenvalue weighted by Gasteiger charge is 2.15. The molecular formula is C16H17NO3.